The van der Waals surface area contributed by atoms with Gasteiger partial charge in [-0.3, -0.25) is 4.79 Å². The van der Waals surface area contributed by atoms with E-state index in [2.05, 4.69) is 30.6 Å². The van der Waals surface area contributed by atoms with E-state index in [0.29, 0.717) is 11.4 Å². The summed E-state index contributed by atoms with van der Waals surface area (Å²) in [6, 6.07) is 13.0. The number of Topliss-reactive ketones (excluding diaryl/α,β-unsaturated/α-hetero) is 1. The molecule has 0 aliphatic heterocycles. The molecule has 0 bridgehead atoms. The van der Waals surface area contributed by atoms with Gasteiger partial charge in [0.15, 0.2) is 5.78 Å². The number of rotatable bonds is 6. The monoisotopic (exact) mass is 447 g/mol. The number of carbonyl (C=O) groups is 1. The topological polar surface area (TPSA) is 91.9 Å². The predicted octanol–water partition coefficient (Wildman–Crippen LogP) is 4.08. The number of benzene rings is 2. The first-order chi connectivity index (χ1) is 12.8. The van der Waals surface area contributed by atoms with Crippen molar-refractivity contribution in [2.24, 2.45) is 0 Å². The second-order valence-electron chi connectivity index (χ2n) is 6.11. The Morgan fingerprint density at radius 2 is 1.74 bits per heavy atom. The normalized spacial score (nSPS) is 12.7. The molecule has 0 amide bonds. The third-order valence-electron chi connectivity index (χ3n) is 4.06. The molecule has 0 saturated heterocycles. The fourth-order valence-electron chi connectivity index (χ4n) is 2.56. The van der Waals surface area contributed by atoms with Gasteiger partial charge < -0.3 is 4.98 Å². The van der Waals surface area contributed by atoms with E-state index in [9.17, 15) is 13.2 Å². The Balaban J connectivity index is 1.77. The SMILES string of the molecule is CC(=O)c1ccc(S(=O)(=O)N[C@@H](C)c2ncc(-c3ccc(Br)cc3)[nH]2)cc1. The van der Waals surface area contributed by atoms with Crippen LogP contribution in [0.4, 0.5) is 0 Å². The molecule has 0 unspecified atom stereocenters. The second-order valence-corrected chi connectivity index (χ2v) is 8.74. The van der Waals surface area contributed by atoms with Gasteiger partial charge in [-0.15, -0.1) is 0 Å². The van der Waals surface area contributed by atoms with E-state index in [4.69, 9.17) is 0 Å². The van der Waals surface area contributed by atoms with Crippen LogP contribution in [0.25, 0.3) is 11.3 Å². The molecule has 1 heterocycles. The minimum Gasteiger partial charge on any atom is -0.341 e. The zero-order chi connectivity index (χ0) is 19.6. The molecule has 0 radical (unpaired) electrons. The number of carbonyl (C=O) groups excluding carboxylic acids is 1. The maximum Gasteiger partial charge on any atom is 0.241 e. The quantitative estimate of drug-likeness (QED) is 0.556. The smallest absolute Gasteiger partial charge is 0.241 e. The van der Waals surface area contributed by atoms with E-state index in [-0.39, 0.29) is 10.7 Å². The minimum atomic E-state index is -3.74. The third-order valence-corrected chi connectivity index (χ3v) is 6.15. The number of hydrogen-bond donors (Lipinski definition) is 2. The lowest BCUT2D eigenvalue weighted by molar-refractivity contribution is 0.101. The first-order valence-electron chi connectivity index (χ1n) is 8.20. The second kappa shape index (κ2) is 7.75. The molecule has 0 aliphatic carbocycles. The lowest BCUT2D eigenvalue weighted by Crippen LogP contribution is -2.27. The van der Waals surface area contributed by atoms with E-state index in [1.54, 1.807) is 13.1 Å². The molecular weight excluding hydrogens is 430 g/mol. The molecule has 2 N–H and O–H groups in total. The zero-order valence-corrected chi connectivity index (χ0v) is 17.1. The highest BCUT2D eigenvalue weighted by atomic mass is 79.9. The highest BCUT2D eigenvalue weighted by Gasteiger charge is 2.20. The summed E-state index contributed by atoms with van der Waals surface area (Å²) in [5, 5.41) is 0. The number of imidazole rings is 1. The van der Waals surface area contributed by atoms with Crippen LogP contribution in [0.5, 0.6) is 0 Å². The van der Waals surface area contributed by atoms with Gasteiger partial charge in [-0.25, -0.2) is 18.1 Å². The van der Waals surface area contributed by atoms with Crippen molar-refractivity contribution >= 4 is 31.7 Å². The van der Waals surface area contributed by atoms with Gasteiger partial charge in [-0.2, -0.15) is 0 Å². The summed E-state index contributed by atoms with van der Waals surface area (Å²) in [6.07, 6.45) is 1.67. The van der Waals surface area contributed by atoms with Crippen molar-refractivity contribution in [2.75, 3.05) is 0 Å². The van der Waals surface area contributed by atoms with Crippen LogP contribution < -0.4 is 4.72 Å². The molecule has 6 nitrogen and oxygen atoms in total. The number of nitrogens with one attached hydrogen (secondary N) is 2. The highest BCUT2D eigenvalue weighted by Crippen LogP contribution is 2.22. The Hall–Kier alpha value is -2.29. The predicted molar refractivity (Wildman–Crippen MR) is 107 cm³/mol. The minimum absolute atomic E-state index is 0.0963. The van der Waals surface area contributed by atoms with Gasteiger partial charge in [0.25, 0.3) is 0 Å². The van der Waals surface area contributed by atoms with Crippen molar-refractivity contribution in [1.29, 1.82) is 0 Å². The van der Waals surface area contributed by atoms with Gasteiger partial charge in [-0.1, -0.05) is 40.2 Å². The number of H-pyrrole nitrogens is 1. The Kier molecular flexibility index (Phi) is 5.59. The molecule has 3 aromatic rings. The van der Waals surface area contributed by atoms with Crippen LogP contribution in [0.3, 0.4) is 0 Å². The standard InChI is InChI=1S/C19H18BrN3O3S/c1-12(19-21-11-18(22-19)15-3-7-16(20)8-4-15)23-27(25,26)17-9-5-14(6-10-17)13(2)24/h3-12,23H,1-2H3,(H,21,22)/t12-/m0/s1. The maximum atomic E-state index is 12.6. The summed E-state index contributed by atoms with van der Waals surface area (Å²) in [4.78, 5) is 18.9. The first-order valence-corrected chi connectivity index (χ1v) is 10.5. The van der Waals surface area contributed by atoms with E-state index in [1.807, 2.05) is 24.3 Å². The molecule has 0 fully saturated rings. The van der Waals surface area contributed by atoms with Crippen molar-refractivity contribution in [3.05, 3.63) is 70.6 Å². The highest BCUT2D eigenvalue weighted by molar-refractivity contribution is 9.10. The number of aromatic nitrogens is 2. The molecule has 0 aliphatic rings. The Bertz CT molecular complexity index is 1060. The number of nitrogens with zero attached hydrogens (tertiary/aromatic N) is 1. The van der Waals surface area contributed by atoms with Crippen molar-refractivity contribution in [1.82, 2.24) is 14.7 Å². The Morgan fingerprint density at radius 1 is 1.11 bits per heavy atom. The van der Waals surface area contributed by atoms with Crippen LogP contribution in [-0.4, -0.2) is 24.2 Å². The van der Waals surface area contributed by atoms with Crippen molar-refractivity contribution < 1.29 is 13.2 Å². The zero-order valence-electron chi connectivity index (χ0n) is 14.7. The summed E-state index contributed by atoms with van der Waals surface area (Å²) < 4.78 is 28.7. The van der Waals surface area contributed by atoms with Crippen LogP contribution in [0, 0.1) is 0 Å². The number of aromatic amines is 1. The first kappa shape index (κ1) is 19.5. The molecule has 1 aromatic heterocycles. The van der Waals surface area contributed by atoms with Crippen LogP contribution in [0.2, 0.25) is 0 Å². The fourth-order valence-corrected chi connectivity index (χ4v) is 4.03. The van der Waals surface area contributed by atoms with Crippen molar-refractivity contribution in [2.45, 2.75) is 24.8 Å². The largest absolute Gasteiger partial charge is 0.341 e. The molecule has 2 aromatic carbocycles. The Labute approximate surface area is 166 Å². The third kappa shape index (κ3) is 4.52. The summed E-state index contributed by atoms with van der Waals surface area (Å²) in [7, 11) is -3.74. The number of halogens is 1. The Morgan fingerprint density at radius 3 is 2.33 bits per heavy atom. The molecule has 3 rings (SSSR count). The number of ketones is 1. The van der Waals surface area contributed by atoms with Gasteiger partial charge in [0.2, 0.25) is 10.0 Å². The van der Waals surface area contributed by atoms with Gasteiger partial charge >= 0.3 is 0 Å². The molecule has 1 atom stereocenters. The lowest BCUT2D eigenvalue weighted by Gasteiger charge is -2.12. The van der Waals surface area contributed by atoms with Gasteiger partial charge in [0.1, 0.15) is 5.82 Å². The van der Waals surface area contributed by atoms with E-state index >= 15 is 0 Å². The van der Waals surface area contributed by atoms with Crippen LogP contribution in [-0.2, 0) is 10.0 Å². The average molecular weight is 448 g/mol. The molecule has 27 heavy (non-hydrogen) atoms. The molecule has 8 heteroatoms. The summed E-state index contributed by atoms with van der Waals surface area (Å²) in [6.45, 7) is 3.15. The van der Waals surface area contributed by atoms with Gasteiger partial charge in [-0.05, 0) is 43.7 Å². The maximum absolute atomic E-state index is 12.6. The fraction of sp³-hybridized carbons (Fsp3) is 0.158. The molecule has 0 saturated carbocycles. The molecule has 140 valence electrons. The summed E-state index contributed by atoms with van der Waals surface area (Å²) >= 11 is 3.39. The van der Waals surface area contributed by atoms with Crippen LogP contribution in [0.15, 0.2) is 64.1 Å². The van der Waals surface area contributed by atoms with Crippen molar-refractivity contribution in [3.63, 3.8) is 0 Å². The molecular formula is C19H18BrN3O3S. The summed E-state index contributed by atoms with van der Waals surface area (Å²) in [5.41, 5.74) is 2.22. The average Bonchev–Trinajstić information content (AvgIpc) is 3.12. The van der Waals surface area contributed by atoms with Crippen LogP contribution in [0.1, 0.15) is 36.1 Å². The van der Waals surface area contributed by atoms with E-state index < -0.39 is 16.1 Å². The summed E-state index contributed by atoms with van der Waals surface area (Å²) in [5.74, 6) is 0.396. The van der Waals surface area contributed by atoms with Gasteiger partial charge in [0, 0.05) is 10.0 Å². The lowest BCUT2D eigenvalue weighted by atomic mass is 10.2. The number of hydrogen-bond acceptors (Lipinski definition) is 4. The van der Waals surface area contributed by atoms with Crippen molar-refractivity contribution in [3.8, 4) is 11.3 Å². The van der Waals surface area contributed by atoms with E-state index in [0.717, 1.165) is 15.7 Å². The van der Waals surface area contributed by atoms with E-state index in [1.165, 1.54) is 31.2 Å². The van der Waals surface area contributed by atoms with Gasteiger partial charge in [0.05, 0.1) is 22.8 Å². The number of sulfonamides is 1. The van der Waals surface area contributed by atoms with Crippen LogP contribution >= 0.6 is 15.9 Å². The molecule has 0 spiro atoms.